The standard InChI is InChI=1S/C14H15N5O2/c1-2-4-10-9(3-1)16-12(17-10)7-13-18-14(21-19-13)11-8-20-6-5-15-11/h1-4,11,15H,5-8H2,(H,16,17). The zero-order chi connectivity index (χ0) is 14.1. The van der Waals surface area contributed by atoms with Crippen molar-refractivity contribution in [2.45, 2.75) is 12.5 Å². The van der Waals surface area contributed by atoms with Gasteiger partial charge in [-0.05, 0) is 12.1 Å². The number of rotatable bonds is 3. The lowest BCUT2D eigenvalue weighted by atomic mass is 10.3. The second-order valence-electron chi connectivity index (χ2n) is 5.01. The monoisotopic (exact) mass is 285 g/mol. The molecule has 7 heteroatoms. The Balaban J connectivity index is 1.52. The van der Waals surface area contributed by atoms with E-state index in [1.807, 2.05) is 24.3 Å². The summed E-state index contributed by atoms with van der Waals surface area (Å²) in [6, 6.07) is 7.90. The molecule has 21 heavy (non-hydrogen) atoms. The molecule has 0 saturated carbocycles. The summed E-state index contributed by atoms with van der Waals surface area (Å²) in [7, 11) is 0. The van der Waals surface area contributed by atoms with E-state index < -0.39 is 0 Å². The molecule has 0 aliphatic carbocycles. The maximum absolute atomic E-state index is 5.40. The summed E-state index contributed by atoms with van der Waals surface area (Å²) in [5, 5.41) is 7.30. The van der Waals surface area contributed by atoms with Crippen LogP contribution in [-0.4, -0.2) is 39.9 Å². The van der Waals surface area contributed by atoms with Gasteiger partial charge in [0.2, 0.25) is 5.89 Å². The van der Waals surface area contributed by atoms with E-state index >= 15 is 0 Å². The van der Waals surface area contributed by atoms with Crippen LogP contribution in [0, 0.1) is 0 Å². The van der Waals surface area contributed by atoms with Gasteiger partial charge in [-0.3, -0.25) is 0 Å². The van der Waals surface area contributed by atoms with Crippen LogP contribution >= 0.6 is 0 Å². The van der Waals surface area contributed by atoms with Gasteiger partial charge in [-0.25, -0.2) is 4.98 Å². The van der Waals surface area contributed by atoms with Crippen LogP contribution in [-0.2, 0) is 11.2 Å². The van der Waals surface area contributed by atoms with Crippen LogP contribution in [0.3, 0.4) is 0 Å². The Bertz CT molecular complexity index is 712. The van der Waals surface area contributed by atoms with Gasteiger partial charge in [0.25, 0.3) is 0 Å². The fourth-order valence-electron chi connectivity index (χ4n) is 2.44. The van der Waals surface area contributed by atoms with Gasteiger partial charge in [-0.2, -0.15) is 4.98 Å². The van der Waals surface area contributed by atoms with Crippen molar-refractivity contribution in [1.29, 1.82) is 0 Å². The number of ether oxygens (including phenoxy) is 1. The number of benzene rings is 1. The minimum Gasteiger partial charge on any atom is -0.378 e. The van der Waals surface area contributed by atoms with Gasteiger partial charge < -0.3 is 19.6 Å². The number of nitrogens with zero attached hydrogens (tertiary/aromatic N) is 3. The van der Waals surface area contributed by atoms with Gasteiger partial charge in [-0.15, -0.1) is 0 Å². The molecule has 1 aliphatic rings. The molecule has 2 N–H and O–H groups in total. The second kappa shape index (κ2) is 5.27. The molecule has 1 atom stereocenters. The van der Waals surface area contributed by atoms with Crippen LogP contribution in [0.2, 0.25) is 0 Å². The van der Waals surface area contributed by atoms with E-state index in [1.54, 1.807) is 0 Å². The third-order valence-corrected chi connectivity index (χ3v) is 3.47. The molecule has 4 rings (SSSR count). The Morgan fingerprint density at radius 1 is 1.24 bits per heavy atom. The van der Waals surface area contributed by atoms with E-state index in [0.29, 0.717) is 24.7 Å². The largest absolute Gasteiger partial charge is 0.378 e. The van der Waals surface area contributed by atoms with Crippen molar-refractivity contribution < 1.29 is 9.26 Å². The second-order valence-corrected chi connectivity index (χ2v) is 5.01. The van der Waals surface area contributed by atoms with Gasteiger partial charge in [-0.1, -0.05) is 17.3 Å². The smallest absolute Gasteiger partial charge is 0.246 e. The van der Waals surface area contributed by atoms with E-state index in [2.05, 4.69) is 25.4 Å². The van der Waals surface area contributed by atoms with Crippen molar-refractivity contribution in [3.05, 3.63) is 41.8 Å². The summed E-state index contributed by atoms with van der Waals surface area (Å²) >= 11 is 0. The lowest BCUT2D eigenvalue weighted by Gasteiger charge is -2.20. The molecule has 1 unspecified atom stereocenters. The highest BCUT2D eigenvalue weighted by Gasteiger charge is 2.21. The van der Waals surface area contributed by atoms with Crippen molar-refractivity contribution in [3.8, 4) is 0 Å². The first kappa shape index (κ1) is 12.5. The zero-order valence-corrected chi connectivity index (χ0v) is 11.4. The molecule has 1 fully saturated rings. The SMILES string of the molecule is c1ccc2[nH]c(Cc3noc(C4COCCN4)n3)nc2c1. The maximum atomic E-state index is 5.40. The summed E-state index contributed by atoms with van der Waals surface area (Å²) in [5.41, 5.74) is 1.96. The predicted molar refractivity (Wildman–Crippen MR) is 74.8 cm³/mol. The lowest BCUT2D eigenvalue weighted by molar-refractivity contribution is 0.0659. The van der Waals surface area contributed by atoms with Crippen molar-refractivity contribution in [3.63, 3.8) is 0 Å². The van der Waals surface area contributed by atoms with Crippen molar-refractivity contribution in [2.24, 2.45) is 0 Å². The topological polar surface area (TPSA) is 88.9 Å². The van der Waals surface area contributed by atoms with E-state index in [0.717, 1.165) is 30.0 Å². The summed E-state index contributed by atoms with van der Waals surface area (Å²) in [5.74, 6) is 2.02. The van der Waals surface area contributed by atoms with Crippen LogP contribution in [0.5, 0.6) is 0 Å². The van der Waals surface area contributed by atoms with Crippen LogP contribution in [0.25, 0.3) is 11.0 Å². The molecule has 7 nitrogen and oxygen atoms in total. The molecule has 1 aromatic carbocycles. The first-order chi connectivity index (χ1) is 10.4. The zero-order valence-electron chi connectivity index (χ0n) is 11.4. The van der Waals surface area contributed by atoms with Gasteiger partial charge in [0.15, 0.2) is 5.82 Å². The number of morpholine rings is 1. The normalized spacial score (nSPS) is 19.1. The molecule has 0 amide bonds. The predicted octanol–water partition coefficient (Wildman–Crippen LogP) is 1.20. The van der Waals surface area contributed by atoms with E-state index in [-0.39, 0.29) is 6.04 Å². The average molecular weight is 285 g/mol. The minimum atomic E-state index is -0.0179. The summed E-state index contributed by atoms with van der Waals surface area (Å²) in [4.78, 5) is 12.2. The summed E-state index contributed by atoms with van der Waals surface area (Å²) in [6.07, 6.45) is 0.520. The Labute approximate surface area is 120 Å². The third-order valence-electron chi connectivity index (χ3n) is 3.47. The van der Waals surface area contributed by atoms with Crippen molar-refractivity contribution in [1.82, 2.24) is 25.4 Å². The molecule has 0 spiro atoms. The fraction of sp³-hybridized carbons (Fsp3) is 0.357. The molecular weight excluding hydrogens is 270 g/mol. The molecule has 0 radical (unpaired) electrons. The molecule has 2 aromatic heterocycles. The molecule has 108 valence electrons. The van der Waals surface area contributed by atoms with Crippen LogP contribution in [0.1, 0.15) is 23.6 Å². The summed E-state index contributed by atoms with van der Waals surface area (Å²) < 4.78 is 10.7. The third kappa shape index (κ3) is 2.53. The number of nitrogens with one attached hydrogen (secondary N) is 2. The number of H-pyrrole nitrogens is 1. The molecule has 3 aromatic rings. The number of hydrogen-bond acceptors (Lipinski definition) is 6. The van der Waals surface area contributed by atoms with Gasteiger partial charge in [0.05, 0.1) is 30.7 Å². The minimum absolute atomic E-state index is 0.0179. The Morgan fingerprint density at radius 2 is 2.19 bits per heavy atom. The number of aromatic nitrogens is 4. The van der Waals surface area contributed by atoms with Gasteiger partial charge in [0, 0.05) is 6.54 Å². The molecule has 0 bridgehead atoms. The number of imidazole rings is 1. The number of fused-ring (bicyclic) bond motifs is 1. The van der Waals surface area contributed by atoms with Crippen LogP contribution < -0.4 is 5.32 Å². The number of hydrogen-bond donors (Lipinski definition) is 2. The fourth-order valence-corrected chi connectivity index (χ4v) is 2.44. The number of aromatic amines is 1. The molecular formula is C14H15N5O2. The van der Waals surface area contributed by atoms with Crippen molar-refractivity contribution in [2.75, 3.05) is 19.8 Å². The van der Waals surface area contributed by atoms with Gasteiger partial charge in [0.1, 0.15) is 11.9 Å². The first-order valence-corrected chi connectivity index (χ1v) is 6.96. The van der Waals surface area contributed by atoms with Crippen LogP contribution in [0.4, 0.5) is 0 Å². The van der Waals surface area contributed by atoms with Crippen LogP contribution in [0.15, 0.2) is 28.8 Å². The molecule has 1 aliphatic heterocycles. The van der Waals surface area contributed by atoms with E-state index in [4.69, 9.17) is 9.26 Å². The molecule has 3 heterocycles. The first-order valence-electron chi connectivity index (χ1n) is 6.96. The van der Waals surface area contributed by atoms with E-state index in [1.165, 1.54) is 0 Å². The van der Waals surface area contributed by atoms with Crippen molar-refractivity contribution >= 4 is 11.0 Å². The highest BCUT2D eigenvalue weighted by molar-refractivity contribution is 5.74. The summed E-state index contributed by atoms with van der Waals surface area (Å²) in [6.45, 7) is 2.08. The van der Waals surface area contributed by atoms with E-state index in [9.17, 15) is 0 Å². The maximum Gasteiger partial charge on any atom is 0.246 e. The Hall–Kier alpha value is -2.25. The molecule has 1 saturated heterocycles. The quantitative estimate of drug-likeness (QED) is 0.751. The Kier molecular flexibility index (Phi) is 3.13. The highest BCUT2D eigenvalue weighted by Crippen LogP contribution is 2.16. The Morgan fingerprint density at radius 3 is 3.05 bits per heavy atom. The average Bonchev–Trinajstić information content (AvgIpc) is 3.14. The highest BCUT2D eigenvalue weighted by atomic mass is 16.5. The lowest BCUT2D eigenvalue weighted by Crippen LogP contribution is -2.34. The van der Waals surface area contributed by atoms with Gasteiger partial charge >= 0.3 is 0 Å². The number of para-hydroxylation sites is 2.